The van der Waals surface area contributed by atoms with Crippen LogP contribution in [0, 0.1) is 5.92 Å². The van der Waals surface area contributed by atoms with Crippen molar-refractivity contribution in [3.05, 3.63) is 56.7 Å². The lowest BCUT2D eigenvalue weighted by Crippen LogP contribution is -2.38. The summed E-state index contributed by atoms with van der Waals surface area (Å²) in [5.41, 5.74) is 3.06. The van der Waals surface area contributed by atoms with Gasteiger partial charge in [0.15, 0.2) is 0 Å². The highest BCUT2D eigenvalue weighted by Crippen LogP contribution is 2.31. The van der Waals surface area contributed by atoms with Gasteiger partial charge in [0.05, 0.1) is 4.34 Å². The number of thiophene rings is 1. The molecule has 1 aromatic heterocycles. The summed E-state index contributed by atoms with van der Waals surface area (Å²) in [7, 11) is 0. The summed E-state index contributed by atoms with van der Waals surface area (Å²) in [6, 6.07) is 13.6. The van der Waals surface area contributed by atoms with Crippen LogP contribution in [0.15, 0.2) is 36.4 Å². The number of fused-ring (bicyclic) bond motifs is 1. The maximum atomic E-state index is 6.05. The standard InChI is InChI=1S/C17H20ClNS/c1-2-19-16(11-15-7-8-17(18)20-15)14-9-12-5-3-4-6-13(12)10-14/h3-8,14,16,19H,2,9-11H2,1H3. The quantitative estimate of drug-likeness (QED) is 0.866. The molecule has 0 spiro atoms. The Bertz CT molecular complexity index is 553. The molecule has 0 radical (unpaired) electrons. The molecule has 106 valence electrons. The smallest absolute Gasteiger partial charge is 0.0931 e. The Labute approximate surface area is 130 Å². The molecule has 1 unspecified atom stereocenters. The third kappa shape index (κ3) is 3.08. The number of hydrogen-bond donors (Lipinski definition) is 1. The van der Waals surface area contributed by atoms with E-state index >= 15 is 0 Å². The van der Waals surface area contributed by atoms with Gasteiger partial charge < -0.3 is 5.32 Å². The molecule has 1 aromatic carbocycles. The first kappa shape index (κ1) is 14.1. The van der Waals surface area contributed by atoms with Crippen LogP contribution >= 0.6 is 22.9 Å². The third-order valence-electron chi connectivity index (χ3n) is 4.17. The molecule has 0 amide bonds. The molecule has 1 heterocycles. The second-order valence-electron chi connectivity index (χ2n) is 5.51. The lowest BCUT2D eigenvalue weighted by atomic mass is 9.93. The van der Waals surface area contributed by atoms with E-state index in [9.17, 15) is 0 Å². The van der Waals surface area contributed by atoms with Crippen molar-refractivity contribution in [2.45, 2.75) is 32.2 Å². The fourth-order valence-electron chi connectivity index (χ4n) is 3.22. The van der Waals surface area contributed by atoms with Crippen LogP contribution in [-0.4, -0.2) is 12.6 Å². The highest BCUT2D eigenvalue weighted by Gasteiger charge is 2.28. The van der Waals surface area contributed by atoms with Gasteiger partial charge in [0.25, 0.3) is 0 Å². The average molecular weight is 306 g/mol. The molecule has 3 heteroatoms. The van der Waals surface area contributed by atoms with Crippen LogP contribution in [0.2, 0.25) is 4.34 Å². The molecule has 0 saturated carbocycles. The Kier molecular flexibility index (Phi) is 4.45. The first-order valence-corrected chi connectivity index (χ1v) is 8.50. The fraction of sp³-hybridized carbons (Fsp3) is 0.412. The molecule has 1 aliphatic carbocycles. The zero-order valence-electron chi connectivity index (χ0n) is 11.7. The van der Waals surface area contributed by atoms with Crippen molar-refractivity contribution in [3.63, 3.8) is 0 Å². The van der Waals surface area contributed by atoms with E-state index in [1.165, 1.54) is 28.8 Å². The van der Waals surface area contributed by atoms with Crippen molar-refractivity contribution in [1.29, 1.82) is 0 Å². The van der Waals surface area contributed by atoms with Crippen molar-refractivity contribution in [3.8, 4) is 0 Å². The zero-order valence-corrected chi connectivity index (χ0v) is 13.3. The number of halogens is 1. The number of benzene rings is 1. The van der Waals surface area contributed by atoms with E-state index < -0.39 is 0 Å². The summed E-state index contributed by atoms with van der Waals surface area (Å²) < 4.78 is 0.893. The van der Waals surface area contributed by atoms with Gasteiger partial charge in [0.2, 0.25) is 0 Å². The summed E-state index contributed by atoms with van der Waals surface area (Å²) in [5.74, 6) is 0.702. The summed E-state index contributed by atoms with van der Waals surface area (Å²) >= 11 is 7.76. The number of nitrogens with one attached hydrogen (secondary N) is 1. The van der Waals surface area contributed by atoms with Crippen LogP contribution in [0.1, 0.15) is 22.9 Å². The van der Waals surface area contributed by atoms with Gasteiger partial charge in [0, 0.05) is 10.9 Å². The van der Waals surface area contributed by atoms with Gasteiger partial charge in [-0.2, -0.15) is 0 Å². The molecule has 0 fully saturated rings. The Morgan fingerprint density at radius 1 is 1.20 bits per heavy atom. The second-order valence-corrected chi connectivity index (χ2v) is 7.31. The summed E-state index contributed by atoms with van der Waals surface area (Å²) in [6.07, 6.45) is 3.49. The minimum Gasteiger partial charge on any atom is -0.314 e. The van der Waals surface area contributed by atoms with E-state index in [1.54, 1.807) is 11.3 Å². The van der Waals surface area contributed by atoms with Gasteiger partial charge in [-0.05, 0) is 55.0 Å². The van der Waals surface area contributed by atoms with Gasteiger partial charge >= 0.3 is 0 Å². The van der Waals surface area contributed by atoms with Crippen LogP contribution in [0.25, 0.3) is 0 Å². The van der Waals surface area contributed by atoms with Crippen molar-refractivity contribution < 1.29 is 0 Å². The SMILES string of the molecule is CCNC(Cc1ccc(Cl)s1)C1Cc2ccccc2C1. The van der Waals surface area contributed by atoms with Crippen molar-refractivity contribution in [1.82, 2.24) is 5.32 Å². The fourth-order valence-corrected chi connectivity index (χ4v) is 4.37. The van der Waals surface area contributed by atoms with E-state index in [2.05, 4.69) is 42.6 Å². The highest BCUT2D eigenvalue weighted by atomic mass is 35.5. The number of rotatable bonds is 5. The molecule has 1 N–H and O–H groups in total. The van der Waals surface area contributed by atoms with Crippen molar-refractivity contribution >= 4 is 22.9 Å². The molecule has 3 rings (SSSR count). The summed E-state index contributed by atoms with van der Waals surface area (Å²) in [6.45, 7) is 3.22. The van der Waals surface area contributed by atoms with Crippen LogP contribution < -0.4 is 5.32 Å². The predicted molar refractivity (Wildman–Crippen MR) is 87.8 cm³/mol. The number of hydrogen-bond acceptors (Lipinski definition) is 2. The molecular weight excluding hydrogens is 286 g/mol. The lowest BCUT2D eigenvalue weighted by Gasteiger charge is -2.23. The van der Waals surface area contributed by atoms with E-state index in [1.807, 2.05) is 6.07 Å². The Balaban J connectivity index is 1.72. The maximum absolute atomic E-state index is 6.05. The molecule has 0 aliphatic heterocycles. The molecule has 0 saturated heterocycles. The van der Waals surface area contributed by atoms with E-state index in [4.69, 9.17) is 11.6 Å². The lowest BCUT2D eigenvalue weighted by molar-refractivity contribution is 0.369. The van der Waals surface area contributed by atoms with Gasteiger partial charge in [-0.3, -0.25) is 0 Å². The Hall–Kier alpha value is -0.830. The average Bonchev–Trinajstić information content (AvgIpc) is 3.04. The van der Waals surface area contributed by atoms with Gasteiger partial charge in [0.1, 0.15) is 0 Å². The minimum absolute atomic E-state index is 0.544. The van der Waals surface area contributed by atoms with E-state index in [0.717, 1.165) is 17.3 Å². The van der Waals surface area contributed by atoms with Crippen LogP contribution in [0.3, 0.4) is 0 Å². The molecule has 1 nitrogen and oxygen atoms in total. The summed E-state index contributed by atoms with van der Waals surface area (Å²) in [5, 5.41) is 3.68. The van der Waals surface area contributed by atoms with Crippen LogP contribution in [0.5, 0.6) is 0 Å². The number of likely N-dealkylation sites (N-methyl/N-ethyl adjacent to an activating group) is 1. The first-order valence-electron chi connectivity index (χ1n) is 7.30. The first-order chi connectivity index (χ1) is 9.76. The minimum atomic E-state index is 0.544. The van der Waals surface area contributed by atoms with Crippen LogP contribution in [-0.2, 0) is 19.3 Å². The predicted octanol–water partition coefficient (Wildman–Crippen LogP) is 4.34. The molecule has 20 heavy (non-hydrogen) atoms. The normalized spacial score (nSPS) is 16.3. The van der Waals surface area contributed by atoms with Gasteiger partial charge in [-0.15, -0.1) is 11.3 Å². The summed E-state index contributed by atoms with van der Waals surface area (Å²) in [4.78, 5) is 1.39. The van der Waals surface area contributed by atoms with E-state index in [-0.39, 0.29) is 0 Å². The van der Waals surface area contributed by atoms with Gasteiger partial charge in [-0.25, -0.2) is 0 Å². The third-order valence-corrected chi connectivity index (χ3v) is 5.42. The van der Waals surface area contributed by atoms with Crippen molar-refractivity contribution in [2.24, 2.45) is 5.92 Å². The highest BCUT2D eigenvalue weighted by molar-refractivity contribution is 7.16. The Morgan fingerprint density at radius 3 is 2.45 bits per heavy atom. The van der Waals surface area contributed by atoms with Gasteiger partial charge in [-0.1, -0.05) is 42.8 Å². The maximum Gasteiger partial charge on any atom is 0.0931 e. The second kappa shape index (κ2) is 6.30. The largest absolute Gasteiger partial charge is 0.314 e. The topological polar surface area (TPSA) is 12.0 Å². The molecule has 0 bridgehead atoms. The van der Waals surface area contributed by atoms with Crippen molar-refractivity contribution in [2.75, 3.05) is 6.54 Å². The molecule has 1 aliphatic rings. The zero-order chi connectivity index (χ0) is 13.9. The Morgan fingerprint density at radius 2 is 1.90 bits per heavy atom. The molecule has 2 aromatic rings. The monoisotopic (exact) mass is 305 g/mol. The van der Waals surface area contributed by atoms with Crippen LogP contribution in [0.4, 0.5) is 0 Å². The molecule has 1 atom stereocenters. The molecular formula is C17H20ClNS. The van der Waals surface area contributed by atoms with E-state index in [0.29, 0.717) is 12.0 Å².